The van der Waals surface area contributed by atoms with E-state index in [1.807, 2.05) is 60.7 Å². The van der Waals surface area contributed by atoms with Crippen molar-refractivity contribution < 1.29 is 14.6 Å². The van der Waals surface area contributed by atoms with Crippen molar-refractivity contribution in [3.63, 3.8) is 0 Å². The van der Waals surface area contributed by atoms with Gasteiger partial charge in [-0.05, 0) is 40.3 Å². The van der Waals surface area contributed by atoms with Crippen LogP contribution in [0.4, 0.5) is 0 Å². The standard InChI is InChI=1S/C24H24O3/c1-17(2)21-10-6-7-11-22(21)19-12-14-20(15-13-19)27-23(24(25)26)16-18-8-4-3-5-9-18/h3-15,17,23H,16H2,1-2H3,(H,25,26)/t23-/m0/s1. The van der Waals surface area contributed by atoms with Crippen molar-refractivity contribution in [2.75, 3.05) is 0 Å². The second-order valence-electron chi connectivity index (χ2n) is 6.90. The molecule has 0 unspecified atom stereocenters. The summed E-state index contributed by atoms with van der Waals surface area (Å²) in [5, 5.41) is 9.50. The van der Waals surface area contributed by atoms with Crippen LogP contribution in [-0.4, -0.2) is 17.2 Å². The summed E-state index contributed by atoms with van der Waals surface area (Å²) in [7, 11) is 0. The monoisotopic (exact) mass is 360 g/mol. The Labute approximate surface area is 160 Å². The fourth-order valence-corrected chi connectivity index (χ4v) is 3.15. The molecule has 0 amide bonds. The first-order chi connectivity index (χ1) is 13.0. The Morgan fingerprint density at radius 2 is 1.52 bits per heavy atom. The van der Waals surface area contributed by atoms with E-state index in [0.29, 0.717) is 18.1 Å². The number of carboxylic acid groups (broad SMARTS) is 1. The van der Waals surface area contributed by atoms with Crippen molar-refractivity contribution in [3.8, 4) is 16.9 Å². The summed E-state index contributed by atoms with van der Waals surface area (Å²) < 4.78 is 5.75. The Bertz CT molecular complexity index is 883. The molecular weight excluding hydrogens is 336 g/mol. The van der Waals surface area contributed by atoms with Gasteiger partial charge in [-0.1, -0.05) is 80.6 Å². The van der Waals surface area contributed by atoms with Crippen molar-refractivity contribution in [1.29, 1.82) is 0 Å². The normalized spacial score (nSPS) is 12.0. The lowest BCUT2D eigenvalue weighted by molar-refractivity contribution is -0.145. The van der Waals surface area contributed by atoms with Gasteiger partial charge in [0.2, 0.25) is 0 Å². The summed E-state index contributed by atoms with van der Waals surface area (Å²) in [6.07, 6.45) is -0.588. The van der Waals surface area contributed by atoms with Gasteiger partial charge >= 0.3 is 5.97 Å². The van der Waals surface area contributed by atoms with Gasteiger partial charge in [0, 0.05) is 6.42 Å². The minimum atomic E-state index is -0.965. The molecule has 3 aromatic carbocycles. The van der Waals surface area contributed by atoms with E-state index in [2.05, 4.69) is 32.0 Å². The molecule has 0 bridgehead atoms. The lowest BCUT2D eigenvalue weighted by Crippen LogP contribution is -2.29. The summed E-state index contributed by atoms with van der Waals surface area (Å²) in [5.41, 5.74) is 4.52. The SMILES string of the molecule is CC(C)c1ccccc1-c1ccc(O[C@@H](Cc2ccccc2)C(=O)O)cc1. The molecule has 0 aliphatic rings. The van der Waals surface area contributed by atoms with E-state index in [9.17, 15) is 9.90 Å². The van der Waals surface area contributed by atoms with Gasteiger partial charge in [-0.15, -0.1) is 0 Å². The fourth-order valence-electron chi connectivity index (χ4n) is 3.15. The third-order valence-electron chi connectivity index (χ3n) is 4.57. The number of rotatable bonds is 7. The van der Waals surface area contributed by atoms with Crippen LogP contribution in [-0.2, 0) is 11.2 Å². The van der Waals surface area contributed by atoms with Gasteiger partial charge in [0.05, 0.1) is 0 Å². The van der Waals surface area contributed by atoms with E-state index in [4.69, 9.17) is 4.74 Å². The third kappa shape index (κ3) is 4.76. The van der Waals surface area contributed by atoms with Crippen LogP contribution in [0.5, 0.6) is 5.75 Å². The highest BCUT2D eigenvalue weighted by Crippen LogP contribution is 2.30. The second kappa shape index (κ2) is 8.54. The number of carbonyl (C=O) groups is 1. The van der Waals surface area contributed by atoms with E-state index in [1.54, 1.807) is 0 Å². The summed E-state index contributed by atoms with van der Waals surface area (Å²) in [6, 6.07) is 25.5. The van der Waals surface area contributed by atoms with E-state index in [0.717, 1.165) is 11.1 Å². The molecule has 0 saturated heterocycles. The highest BCUT2D eigenvalue weighted by Gasteiger charge is 2.20. The molecule has 0 heterocycles. The van der Waals surface area contributed by atoms with E-state index in [1.165, 1.54) is 11.1 Å². The maximum Gasteiger partial charge on any atom is 0.345 e. The Hall–Kier alpha value is -3.07. The van der Waals surface area contributed by atoms with Crippen LogP contribution in [0, 0.1) is 0 Å². The maximum absolute atomic E-state index is 11.6. The molecule has 0 fully saturated rings. The smallest absolute Gasteiger partial charge is 0.345 e. The van der Waals surface area contributed by atoms with Crippen LogP contribution in [0.3, 0.4) is 0 Å². The van der Waals surface area contributed by atoms with Gasteiger partial charge in [-0.25, -0.2) is 4.79 Å². The highest BCUT2D eigenvalue weighted by molar-refractivity contribution is 5.73. The predicted molar refractivity (Wildman–Crippen MR) is 108 cm³/mol. The van der Waals surface area contributed by atoms with E-state index < -0.39 is 12.1 Å². The van der Waals surface area contributed by atoms with Gasteiger partial charge in [0.15, 0.2) is 6.10 Å². The molecule has 138 valence electrons. The molecule has 0 aliphatic carbocycles. The minimum Gasteiger partial charge on any atom is -0.478 e. The quantitative estimate of drug-likeness (QED) is 0.601. The summed E-state index contributed by atoms with van der Waals surface area (Å²) in [6.45, 7) is 4.36. The van der Waals surface area contributed by atoms with E-state index in [-0.39, 0.29) is 0 Å². The topological polar surface area (TPSA) is 46.5 Å². The molecule has 0 aliphatic heterocycles. The lowest BCUT2D eigenvalue weighted by Gasteiger charge is -2.16. The van der Waals surface area contributed by atoms with Crippen molar-refractivity contribution >= 4 is 5.97 Å². The van der Waals surface area contributed by atoms with Gasteiger partial charge < -0.3 is 9.84 Å². The molecule has 3 heteroatoms. The number of hydrogen-bond donors (Lipinski definition) is 1. The third-order valence-corrected chi connectivity index (χ3v) is 4.57. The predicted octanol–water partition coefficient (Wildman–Crippen LogP) is 5.55. The first-order valence-corrected chi connectivity index (χ1v) is 9.17. The molecule has 1 atom stereocenters. The van der Waals surface area contributed by atoms with Gasteiger partial charge in [0.25, 0.3) is 0 Å². The molecule has 0 spiro atoms. The van der Waals surface area contributed by atoms with Crippen molar-refractivity contribution in [2.24, 2.45) is 0 Å². The number of hydrogen-bond acceptors (Lipinski definition) is 2. The minimum absolute atomic E-state index is 0.327. The van der Waals surface area contributed by atoms with Gasteiger partial charge in [0.1, 0.15) is 5.75 Å². The number of ether oxygens (including phenoxy) is 1. The fraction of sp³-hybridized carbons (Fsp3) is 0.208. The van der Waals surface area contributed by atoms with Crippen molar-refractivity contribution in [3.05, 3.63) is 90.0 Å². The number of benzene rings is 3. The average Bonchev–Trinajstić information content (AvgIpc) is 2.69. The highest BCUT2D eigenvalue weighted by atomic mass is 16.5. The Balaban J connectivity index is 1.77. The molecule has 0 aromatic heterocycles. The first-order valence-electron chi connectivity index (χ1n) is 9.17. The summed E-state index contributed by atoms with van der Waals surface area (Å²) in [5.74, 6) is 0.0246. The first kappa shape index (κ1) is 18.7. The maximum atomic E-state index is 11.6. The number of aliphatic carboxylic acids is 1. The zero-order valence-corrected chi connectivity index (χ0v) is 15.6. The molecule has 3 rings (SSSR count). The molecule has 3 nitrogen and oxygen atoms in total. The molecule has 0 saturated carbocycles. The average molecular weight is 360 g/mol. The molecule has 1 N–H and O–H groups in total. The molecule has 27 heavy (non-hydrogen) atoms. The Morgan fingerprint density at radius 1 is 0.889 bits per heavy atom. The Morgan fingerprint density at radius 3 is 2.15 bits per heavy atom. The second-order valence-corrected chi connectivity index (χ2v) is 6.90. The zero-order chi connectivity index (χ0) is 19.2. The number of carboxylic acids is 1. The van der Waals surface area contributed by atoms with Crippen LogP contribution in [0.15, 0.2) is 78.9 Å². The van der Waals surface area contributed by atoms with Gasteiger partial charge in [-0.2, -0.15) is 0 Å². The van der Waals surface area contributed by atoms with Gasteiger partial charge in [-0.3, -0.25) is 0 Å². The van der Waals surface area contributed by atoms with Crippen LogP contribution in [0.2, 0.25) is 0 Å². The lowest BCUT2D eigenvalue weighted by atomic mass is 9.93. The molecule has 3 aromatic rings. The summed E-state index contributed by atoms with van der Waals surface area (Å²) >= 11 is 0. The van der Waals surface area contributed by atoms with Crippen LogP contribution in [0.1, 0.15) is 30.9 Å². The zero-order valence-electron chi connectivity index (χ0n) is 15.6. The van der Waals surface area contributed by atoms with Crippen LogP contribution >= 0.6 is 0 Å². The Kier molecular flexibility index (Phi) is 5.92. The van der Waals surface area contributed by atoms with Crippen LogP contribution < -0.4 is 4.74 Å². The van der Waals surface area contributed by atoms with E-state index >= 15 is 0 Å². The van der Waals surface area contributed by atoms with Crippen molar-refractivity contribution in [1.82, 2.24) is 0 Å². The summed E-state index contributed by atoms with van der Waals surface area (Å²) in [4.78, 5) is 11.6. The van der Waals surface area contributed by atoms with Crippen molar-refractivity contribution in [2.45, 2.75) is 32.3 Å². The molecular formula is C24H24O3. The van der Waals surface area contributed by atoms with Crippen LogP contribution in [0.25, 0.3) is 11.1 Å². The largest absolute Gasteiger partial charge is 0.478 e. The molecule has 0 radical (unpaired) electrons.